The number of ether oxygens (including phenoxy) is 3. The van der Waals surface area contributed by atoms with Crippen LogP contribution in [0.25, 0.3) is 0 Å². The molecule has 0 radical (unpaired) electrons. The van der Waals surface area contributed by atoms with Crippen LogP contribution in [-0.4, -0.2) is 30.6 Å². The first kappa shape index (κ1) is 24.4. The van der Waals surface area contributed by atoms with Gasteiger partial charge in [0.15, 0.2) is 5.79 Å². The van der Waals surface area contributed by atoms with Gasteiger partial charge in [0, 0.05) is 6.42 Å². The minimum absolute atomic E-state index is 0.0613. The van der Waals surface area contributed by atoms with E-state index in [2.05, 4.69) is 6.92 Å². The van der Waals surface area contributed by atoms with Crippen molar-refractivity contribution in [2.75, 3.05) is 6.61 Å². The summed E-state index contributed by atoms with van der Waals surface area (Å²) in [6.45, 7) is 8.68. The summed E-state index contributed by atoms with van der Waals surface area (Å²) < 4.78 is 17.3. The Morgan fingerprint density at radius 3 is 1.78 bits per heavy atom. The lowest BCUT2D eigenvalue weighted by atomic mass is 9.99. The first-order chi connectivity index (χ1) is 13.0. The molecular weight excluding hydrogens is 340 g/mol. The minimum Gasteiger partial charge on any atom is -0.466 e. The molecule has 0 aromatic carbocycles. The largest absolute Gasteiger partial charge is 0.466 e. The second-order valence-corrected chi connectivity index (χ2v) is 8.38. The number of rotatable bonds is 16. The molecule has 160 valence electrons. The van der Waals surface area contributed by atoms with Crippen LogP contribution < -0.4 is 0 Å². The highest BCUT2D eigenvalue weighted by Crippen LogP contribution is 2.33. The van der Waals surface area contributed by atoms with E-state index in [1.807, 2.05) is 20.8 Å². The molecule has 1 saturated heterocycles. The quantitative estimate of drug-likeness (QED) is 0.223. The van der Waals surface area contributed by atoms with Crippen LogP contribution in [0.4, 0.5) is 0 Å². The molecule has 1 fully saturated rings. The highest BCUT2D eigenvalue weighted by molar-refractivity contribution is 5.69. The Hall–Kier alpha value is -0.610. The van der Waals surface area contributed by atoms with E-state index in [-0.39, 0.29) is 18.2 Å². The Morgan fingerprint density at radius 2 is 1.26 bits per heavy atom. The van der Waals surface area contributed by atoms with Crippen LogP contribution in [0.1, 0.15) is 118 Å². The van der Waals surface area contributed by atoms with E-state index >= 15 is 0 Å². The Bertz CT molecular complexity index is 381. The summed E-state index contributed by atoms with van der Waals surface area (Å²) in [5.41, 5.74) is 0. The normalized spacial score (nSPS) is 21.5. The van der Waals surface area contributed by atoms with Crippen molar-refractivity contribution in [3.63, 3.8) is 0 Å². The third-order valence-corrected chi connectivity index (χ3v) is 5.30. The summed E-state index contributed by atoms with van der Waals surface area (Å²) >= 11 is 0. The zero-order valence-corrected chi connectivity index (χ0v) is 18.4. The highest BCUT2D eigenvalue weighted by atomic mass is 16.7. The Balaban J connectivity index is 2.12. The van der Waals surface area contributed by atoms with Gasteiger partial charge in [0.1, 0.15) is 0 Å². The van der Waals surface area contributed by atoms with Gasteiger partial charge in [-0.1, -0.05) is 71.1 Å². The van der Waals surface area contributed by atoms with E-state index < -0.39 is 5.79 Å². The van der Waals surface area contributed by atoms with Gasteiger partial charge in [0.25, 0.3) is 0 Å². The molecule has 0 N–H and O–H groups in total. The van der Waals surface area contributed by atoms with Crippen molar-refractivity contribution in [3.8, 4) is 0 Å². The van der Waals surface area contributed by atoms with E-state index in [1.165, 1.54) is 57.8 Å². The van der Waals surface area contributed by atoms with Crippen LogP contribution in [0, 0.1) is 0 Å². The zero-order chi connectivity index (χ0) is 20.0. The minimum atomic E-state index is -0.433. The summed E-state index contributed by atoms with van der Waals surface area (Å²) in [6.07, 6.45) is 16.8. The van der Waals surface area contributed by atoms with E-state index in [1.54, 1.807) is 0 Å². The summed E-state index contributed by atoms with van der Waals surface area (Å²) in [5.74, 6) is -0.495. The second-order valence-electron chi connectivity index (χ2n) is 8.38. The predicted molar refractivity (Wildman–Crippen MR) is 111 cm³/mol. The molecule has 1 rings (SSSR count). The van der Waals surface area contributed by atoms with Gasteiger partial charge in [0.05, 0.1) is 18.8 Å². The Labute approximate surface area is 167 Å². The van der Waals surface area contributed by atoms with E-state index in [4.69, 9.17) is 14.2 Å². The molecule has 2 unspecified atom stereocenters. The van der Waals surface area contributed by atoms with E-state index in [0.29, 0.717) is 13.0 Å². The predicted octanol–water partition coefficient (Wildman–Crippen LogP) is 6.55. The lowest BCUT2D eigenvalue weighted by Gasteiger charge is -2.16. The Kier molecular flexibility index (Phi) is 13.0. The standard InChI is InChI=1S/C23H44O4/c1-5-7-8-9-11-14-17-20-21(27-23(3,4)26-20)18-15-12-10-13-16-19-22(24)25-6-2/h20-21H,5-19H2,1-4H3. The van der Waals surface area contributed by atoms with Crippen LogP contribution in [-0.2, 0) is 19.0 Å². The fourth-order valence-electron chi connectivity index (χ4n) is 3.90. The molecule has 0 aromatic heterocycles. The van der Waals surface area contributed by atoms with Gasteiger partial charge in [0.2, 0.25) is 0 Å². The molecule has 4 heteroatoms. The van der Waals surface area contributed by atoms with Crippen molar-refractivity contribution in [3.05, 3.63) is 0 Å². The fraction of sp³-hybridized carbons (Fsp3) is 0.957. The summed E-state index contributed by atoms with van der Waals surface area (Å²) in [4.78, 5) is 11.3. The van der Waals surface area contributed by atoms with Gasteiger partial charge in [-0.2, -0.15) is 0 Å². The maximum atomic E-state index is 11.3. The molecule has 0 bridgehead atoms. The van der Waals surface area contributed by atoms with Crippen molar-refractivity contribution in [2.24, 2.45) is 0 Å². The number of hydrogen-bond acceptors (Lipinski definition) is 4. The first-order valence-electron chi connectivity index (χ1n) is 11.5. The third-order valence-electron chi connectivity index (χ3n) is 5.30. The summed E-state index contributed by atoms with van der Waals surface area (Å²) in [6, 6.07) is 0. The van der Waals surface area contributed by atoms with Crippen LogP contribution in [0.5, 0.6) is 0 Å². The molecule has 1 aliphatic heterocycles. The molecule has 0 saturated carbocycles. The topological polar surface area (TPSA) is 44.8 Å². The molecule has 1 heterocycles. The fourth-order valence-corrected chi connectivity index (χ4v) is 3.90. The lowest BCUT2D eigenvalue weighted by molar-refractivity contribution is -0.147. The van der Waals surface area contributed by atoms with Crippen molar-refractivity contribution in [2.45, 2.75) is 136 Å². The molecule has 0 spiro atoms. The van der Waals surface area contributed by atoms with E-state index in [9.17, 15) is 4.79 Å². The van der Waals surface area contributed by atoms with Crippen molar-refractivity contribution >= 4 is 5.97 Å². The molecule has 2 atom stereocenters. The van der Waals surface area contributed by atoms with Gasteiger partial charge in [-0.25, -0.2) is 0 Å². The average Bonchev–Trinajstić information content (AvgIpc) is 2.91. The molecule has 0 amide bonds. The van der Waals surface area contributed by atoms with Crippen LogP contribution in [0.2, 0.25) is 0 Å². The van der Waals surface area contributed by atoms with E-state index in [0.717, 1.165) is 25.7 Å². The Morgan fingerprint density at radius 1 is 0.778 bits per heavy atom. The molecule has 4 nitrogen and oxygen atoms in total. The van der Waals surface area contributed by atoms with Crippen LogP contribution in [0.3, 0.4) is 0 Å². The number of hydrogen-bond donors (Lipinski definition) is 0. The second kappa shape index (κ2) is 14.4. The highest BCUT2D eigenvalue weighted by Gasteiger charge is 2.40. The third kappa shape index (κ3) is 11.7. The van der Waals surface area contributed by atoms with Gasteiger partial charge >= 0.3 is 5.97 Å². The smallest absolute Gasteiger partial charge is 0.305 e. The van der Waals surface area contributed by atoms with Gasteiger partial charge < -0.3 is 14.2 Å². The maximum absolute atomic E-state index is 11.3. The number of unbranched alkanes of at least 4 members (excludes halogenated alkanes) is 9. The monoisotopic (exact) mass is 384 g/mol. The molecule has 0 aromatic rings. The van der Waals surface area contributed by atoms with Gasteiger partial charge in [-0.05, 0) is 40.0 Å². The maximum Gasteiger partial charge on any atom is 0.305 e. The number of carbonyl (C=O) groups excluding carboxylic acids is 1. The van der Waals surface area contributed by atoms with Crippen molar-refractivity contribution in [1.82, 2.24) is 0 Å². The average molecular weight is 385 g/mol. The lowest BCUT2D eigenvalue weighted by Crippen LogP contribution is -2.22. The van der Waals surface area contributed by atoms with Gasteiger partial charge in [-0.3, -0.25) is 4.79 Å². The van der Waals surface area contributed by atoms with Crippen molar-refractivity contribution < 1.29 is 19.0 Å². The zero-order valence-electron chi connectivity index (χ0n) is 18.4. The molecule has 1 aliphatic rings. The molecule has 27 heavy (non-hydrogen) atoms. The first-order valence-corrected chi connectivity index (χ1v) is 11.5. The SMILES string of the molecule is CCCCCCCCC1OC(C)(C)OC1CCCCCCCC(=O)OCC. The number of esters is 1. The van der Waals surface area contributed by atoms with Crippen LogP contribution in [0.15, 0.2) is 0 Å². The summed E-state index contributed by atoms with van der Waals surface area (Å²) in [5, 5.41) is 0. The van der Waals surface area contributed by atoms with Crippen LogP contribution >= 0.6 is 0 Å². The molecule has 0 aliphatic carbocycles. The van der Waals surface area contributed by atoms with Crippen molar-refractivity contribution in [1.29, 1.82) is 0 Å². The molecular formula is C23H44O4. The van der Waals surface area contributed by atoms with Gasteiger partial charge in [-0.15, -0.1) is 0 Å². The summed E-state index contributed by atoms with van der Waals surface area (Å²) in [7, 11) is 0. The number of carbonyl (C=O) groups is 1.